The lowest BCUT2D eigenvalue weighted by molar-refractivity contribution is -0.139. The Morgan fingerprint density at radius 3 is 2.37 bits per heavy atom. The van der Waals surface area contributed by atoms with E-state index in [1.807, 2.05) is 6.92 Å². The molecule has 1 aromatic carbocycles. The van der Waals surface area contributed by atoms with Crippen LogP contribution in [-0.2, 0) is 9.59 Å². The van der Waals surface area contributed by atoms with Gasteiger partial charge in [-0.25, -0.2) is 0 Å². The molecule has 3 N–H and O–H groups in total. The Morgan fingerprint density at radius 1 is 1.11 bits per heavy atom. The van der Waals surface area contributed by atoms with Crippen molar-refractivity contribution in [1.82, 2.24) is 5.32 Å². The van der Waals surface area contributed by atoms with E-state index < -0.39 is 11.4 Å². The third-order valence-corrected chi connectivity index (χ3v) is 4.97. The number of carbonyl (C=O) groups excluding carboxylic acids is 2. The van der Waals surface area contributed by atoms with Gasteiger partial charge in [-0.15, -0.1) is 0 Å². The molecule has 1 aromatic rings. The van der Waals surface area contributed by atoms with Crippen molar-refractivity contribution in [1.29, 1.82) is 0 Å². The molecule has 0 heterocycles. The van der Waals surface area contributed by atoms with Gasteiger partial charge in [0, 0.05) is 23.7 Å². The van der Waals surface area contributed by atoms with E-state index in [1.165, 1.54) is 6.42 Å². The van der Waals surface area contributed by atoms with Gasteiger partial charge < -0.3 is 15.7 Å². The molecule has 148 valence electrons. The van der Waals surface area contributed by atoms with E-state index in [2.05, 4.69) is 10.6 Å². The van der Waals surface area contributed by atoms with Crippen molar-refractivity contribution in [3.63, 3.8) is 0 Å². The first-order chi connectivity index (χ1) is 12.7. The predicted octanol–water partition coefficient (Wildman–Crippen LogP) is 3.89. The average molecular weight is 374 g/mol. The Balaban J connectivity index is 1.96. The topological polar surface area (TPSA) is 95.5 Å². The number of hydrogen-bond donors (Lipinski definition) is 3. The summed E-state index contributed by atoms with van der Waals surface area (Å²) in [6, 6.07) is 5.47. The van der Waals surface area contributed by atoms with Crippen molar-refractivity contribution >= 4 is 23.5 Å². The molecule has 0 saturated heterocycles. The number of carbonyl (C=O) groups is 3. The number of nitrogens with one attached hydrogen (secondary N) is 2. The van der Waals surface area contributed by atoms with Crippen LogP contribution >= 0.6 is 0 Å². The van der Waals surface area contributed by atoms with E-state index in [0.717, 1.165) is 31.2 Å². The van der Waals surface area contributed by atoms with E-state index in [1.54, 1.807) is 32.0 Å². The van der Waals surface area contributed by atoms with Crippen LogP contribution in [0.25, 0.3) is 0 Å². The van der Waals surface area contributed by atoms with Gasteiger partial charge in [-0.3, -0.25) is 14.4 Å². The fourth-order valence-electron chi connectivity index (χ4n) is 3.56. The Morgan fingerprint density at radius 2 is 1.78 bits per heavy atom. The average Bonchev–Trinajstić information content (AvgIpc) is 2.55. The van der Waals surface area contributed by atoms with Crippen LogP contribution in [0, 0.1) is 12.3 Å². The van der Waals surface area contributed by atoms with Crippen LogP contribution in [0.5, 0.6) is 0 Å². The van der Waals surface area contributed by atoms with Gasteiger partial charge in [0.05, 0.1) is 6.42 Å². The van der Waals surface area contributed by atoms with E-state index in [9.17, 15) is 14.4 Å². The molecule has 0 spiro atoms. The van der Waals surface area contributed by atoms with Gasteiger partial charge >= 0.3 is 5.97 Å². The third kappa shape index (κ3) is 6.70. The number of hydrogen-bond acceptors (Lipinski definition) is 3. The molecule has 0 aliphatic heterocycles. The third-order valence-electron chi connectivity index (χ3n) is 4.97. The van der Waals surface area contributed by atoms with Crippen LogP contribution in [-0.4, -0.2) is 28.9 Å². The Labute approximate surface area is 160 Å². The standard InChI is InChI=1S/C21H30N2O4/c1-14-11-15(20(27)22-16-7-5-4-6-8-16)9-10-17(14)23-18(24)12-21(2,3)13-19(25)26/h9-11,16H,4-8,12-13H2,1-3H3,(H,22,27)(H,23,24)(H,25,26). The fourth-order valence-corrected chi connectivity index (χ4v) is 3.56. The molecular formula is C21H30N2O4. The van der Waals surface area contributed by atoms with Crippen molar-refractivity contribution in [3.8, 4) is 0 Å². The van der Waals surface area contributed by atoms with Crippen LogP contribution < -0.4 is 10.6 Å². The summed E-state index contributed by atoms with van der Waals surface area (Å²) in [6.07, 6.45) is 5.67. The number of benzene rings is 1. The zero-order chi connectivity index (χ0) is 20.0. The lowest BCUT2D eigenvalue weighted by Crippen LogP contribution is -2.36. The Bertz CT molecular complexity index is 706. The molecule has 2 rings (SSSR count). The number of aryl methyl sites for hydroxylation is 1. The van der Waals surface area contributed by atoms with Crippen LogP contribution in [0.2, 0.25) is 0 Å². The van der Waals surface area contributed by atoms with E-state index in [0.29, 0.717) is 11.3 Å². The van der Waals surface area contributed by atoms with Gasteiger partial charge in [-0.05, 0) is 48.9 Å². The molecule has 0 radical (unpaired) electrons. The molecule has 1 saturated carbocycles. The maximum Gasteiger partial charge on any atom is 0.303 e. The molecule has 1 aliphatic carbocycles. The van der Waals surface area contributed by atoms with E-state index >= 15 is 0 Å². The van der Waals surface area contributed by atoms with Crippen LogP contribution in [0.4, 0.5) is 5.69 Å². The molecule has 0 aromatic heterocycles. The minimum atomic E-state index is -0.919. The molecule has 6 heteroatoms. The number of carboxylic acids is 1. The monoisotopic (exact) mass is 374 g/mol. The van der Waals surface area contributed by atoms with Crippen LogP contribution in [0.1, 0.15) is 74.7 Å². The molecule has 1 aliphatic rings. The molecular weight excluding hydrogens is 344 g/mol. The second kappa shape index (κ2) is 9.02. The van der Waals surface area contributed by atoms with E-state index in [-0.39, 0.29) is 30.7 Å². The zero-order valence-electron chi connectivity index (χ0n) is 16.4. The first kappa shape index (κ1) is 20.9. The van der Waals surface area contributed by atoms with Gasteiger partial charge in [0.25, 0.3) is 5.91 Å². The zero-order valence-corrected chi connectivity index (χ0v) is 16.4. The first-order valence-corrected chi connectivity index (χ1v) is 9.59. The molecule has 0 bridgehead atoms. The maximum absolute atomic E-state index is 12.4. The highest BCUT2D eigenvalue weighted by molar-refractivity contribution is 5.96. The summed E-state index contributed by atoms with van der Waals surface area (Å²) in [4.78, 5) is 35.6. The number of aliphatic carboxylic acids is 1. The Hall–Kier alpha value is -2.37. The van der Waals surface area contributed by atoms with Gasteiger partial charge in [-0.2, -0.15) is 0 Å². The van der Waals surface area contributed by atoms with Crippen molar-refractivity contribution in [2.75, 3.05) is 5.32 Å². The van der Waals surface area contributed by atoms with Crippen LogP contribution in [0.3, 0.4) is 0 Å². The molecule has 0 atom stereocenters. The number of amides is 2. The van der Waals surface area contributed by atoms with Gasteiger partial charge in [-0.1, -0.05) is 33.1 Å². The molecule has 0 unspecified atom stereocenters. The summed E-state index contributed by atoms with van der Waals surface area (Å²) in [5.41, 5.74) is 1.40. The summed E-state index contributed by atoms with van der Waals surface area (Å²) >= 11 is 0. The minimum Gasteiger partial charge on any atom is -0.481 e. The maximum atomic E-state index is 12.4. The van der Waals surface area contributed by atoms with Gasteiger partial charge in [0.1, 0.15) is 0 Å². The van der Waals surface area contributed by atoms with Crippen molar-refractivity contribution in [2.24, 2.45) is 5.41 Å². The normalized spacial score (nSPS) is 15.2. The summed E-state index contributed by atoms with van der Waals surface area (Å²) in [5, 5.41) is 14.8. The first-order valence-electron chi connectivity index (χ1n) is 9.59. The lowest BCUT2D eigenvalue weighted by atomic mass is 9.85. The largest absolute Gasteiger partial charge is 0.481 e. The molecule has 6 nitrogen and oxygen atoms in total. The second-order valence-corrected chi connectivity index (χ2v) is 8.30. The molecule has 2 amide bonds. The number of rotatable bonds is 7. The molecule has 1 fully saturated rings. The smallest absolute Gasteiger partial charge is 0.303 e. The predicted molar refractivity (Wildman–Crippen MR) is 105 cm³/mol. The highest BCUT2D eigenvalue weighted by Crippen LogP contribution is 2.26. The van der Waals surface area contributed by atoms with Crippen LogP contribution in [0.15, 0.2) is 18.2 Å². The number of carboxylic acid groups (broad SMARTS) is 1. The molecule has 27 heavy (non-hydrogen) atoms. The summed E-state index contributed by atoms with van der Waals surface area (Å²) in [7, 11) is 0. The van der Waals surface area contributed by atoms with Crippen molar-refractivity contribution in [3.05, 3.63) is 29.3 Å². The van der Waals surface area contributed by atoms with Gasteiger partial charge in [0.2, 0.25) is 5.91 Å². The van der Waals surface area contributed by atoms with Crippen molar-refractivity contribution < 1.29 is 19.5 Å². The SMILES string of the molecule is Cc1cc(C(=O)NC2CCCCC2)ccc1NC(=O)CC(C)(C)CC(=O)O. The van der Waals surface area contributed by atoms with Crippen molar-refractivity contribution in [2.45, 2.75) is 71.8 Å². The Kier molecular flexibility index (Phi) is 6.99. The number of anilines is 1. The summed E-state index contributed by atoms with van der Waals surface area (Å²) < 4.78 is 0. The summed E-state index contributed by atoms with van der Waals surface area (Å²) in [5.74, 6) is -1.23. The summed E-state index contributed by atoms with van der Waals surface area (Å²) in [6.45, 7) is 5.36. The minimum absolute atomic E-state index is 0.0698. The highest BCUT2D eigenvalue weighted by Gasteiger charge is 2.25. The van der Waals surface area contributed by atoms with Gasteiger partial charge in [0.15, 0.2) is 0 Å². The van der Waals surface area contributed by atoms with E-state index in [4.69, 9.17) is 5.11 Å². The second-order valence-electron chi connectivity index (χ2n) is 8.30. The fraction of sp³-hybridized carbons (Fsp3) is 0.571. The highest BCUT2D eigenvalue weighted by atomic mass is 16.4. The quantitative estimate of drug-likeness (QED) is 0.675. The lowest BCUT2D eigenvalue weighted by Gasteiger charge is -2.23.